The molecule has 0 fully saturated rings. The van der Waals surface area contributed by atoms with E-state index in [9.17, 15) is 4.39 Å². The van der Waals surface area contributed by atoms with E-state index in [-0.39, 0.29) is 11.9 Å². The van der Waals surface area contributed by atoms with Gasteiger partial charge in [-0.25, -0.2) is 9.37 Å². The van der Waals surface area contributed by atoms with E-state index in [1.165, 1.54) is 19.5 Å². The van der Waals surface area contributed by atoms with E-state index in [4.69, 9.17) is 17.0 Å². The largest absolute Gasteiger partial charge is 0.479 e. The summed E-state index contributed by atoms with van der Waals surface area (Å²) in [4.78, 5) is 11.3. The Morgan fingerprint density at radius 2 is 2.10 bits per heavy atom. The lowest BCUT2D eigenvalue weighted by atomic mass is 10.1. The third-order valence-corrected chi connectivity index (χ3v) is 3.71. The molecule has 0 radical (unpaired) electrons. The van der Waals surface area contributed by atoms with Crippen molar-refractivity contribution in [3.8, 4) is 5.88 Å². The average Bonchev–Trinajstić information content (AvgIpc) is 2.82. The van der Waals surface area contributed by atoms with Crippen LogP contribution in [-0.2, 0) is 0 Å². The van der Waals surface area contributed by atoms with Crippen molar-refractivity contribution in [3.05, 3.63) is 46.7 Å². The van der Waals surface area contributed by atoms with Crippen molar-refractivity contribution in [2.45, 2.75) is 13.0 Å². The van der Waals surface area contributed by atoms with Gasteiger partial charge in [-0.05, 0) is 25.2 Å². The maximum Gasteiger partial charge on any atom is 0.242 e. The number of imidazole rings is 1. The number of ether oxygens (including phenoxy) is 1. The molecule has 0 aliphatic heterocycles. The summed E-state index contributed by atoms with van der Waals surface area (Å²) in [5.41, 5.74) is 1.74. The first-order valence-corrected chi connectivity index (χ1v) is 6.78. The molecule has 0 aliphatic carbocycles. The lowest BCUT2D eigenvalue weighted by molar-refractivity contribution is 0.401. The quantitative estimate of drug-likeness (QED) is 0.755. The minimum absolute atomic E-state index is 0.276. The fourth-order valence-corrected chi connectivity index (χ4v) is 2.73. The molecule has 5 nitrogen and oxygen atoms in total. The van der Waals surface area contributed by atoms with Gasteiger partial charge >= 0.3 is 0 Å². The Balaban J connectivity index is 2.24. The number of nitrogens with zero attached hydrogens (tertiary/aromatic N) is 3. The van der Waals surface area contributed by atoms with E-state index >= 15 is 0 Å². The number of fused-ring (bicyclic) bond motifs is 1. The van der Waals surface area contributed by atoms with Crippen molar-refractivity contribution in [1.82, 2.24) is 19.5 Å². The minimum Gasteiger partial charge on any atom is -0.479 e. The van der Waals surface area contributed by atoms with E-state index in [1.807, 2.05) is 6.92 Å². The van der Waals surface area contributed by atoms with Crippen LogP contribution in [0.2, 0.25) is 0 Å². The van der Waals surface area contributed by atoms with Crippen LogP contribution in [0.15, 0.2) is 30.6 Å². The van der Waals surface area contributed by atoms with Crippen LogP contribution in [0.1, 0.15) is 18.5 Å². The highest BCUT2D eigenvalue weighted by Gasteiger charge is 2.19. The lowest BCUT2D eigenvalue weighted by Gasteiger charge is -2.15. The highest BCUT2D eigenvalue weighted by atomic mass is 32.1. The van der Waals surface area contributed by atoms with Gasteiger partial charge in [-0.1, -0.05) is 18.2 Å². The summed E-state index contributed by atoms with van der Waals surface area (Å²) in [7, 11) is 1.52. The molecule has 1 aromatic carbocycles. The highest BCUT2D eigenvalue weighted by molar-refractivity contribution is 7.71. The summed E-state index contributed by atoms with van der Waals surface area (Å²) in [5, 5.41) is 0. The van der Waals surface area contributed by atoms with Gasteiger partial charge in [-0.15, -0.1) is 0 Å². The second kappa shape index (κ2) is 5.25. The minimum atomic E-state index is -0.299. The standard InChI is InChI=1S/C14H13FN4OS/c1-8(9-5-3-4-6-10(9)15)19-12-11(18-14(19)21)13(20-2)17-7-16-12/h3-8H,1-2H3,(H,18,21). The molecule has 0 saturated carbocycles. The Hall–Kier alpha value is -2.28. The highest BCUT2D eigenvalue weighted by Crippen LogP contribution is 2.27. The van der Waals surface area contributed by atoms with Crippen LogP contribution in [0.3, 0.4) is 0 Å². The fraction of sp³-hybridized carbons (Fsp3) is 0.214. The first-order chi connectivity index (χ1) is 10.1. The summed E-state index contributed by atoms with van der Waals surface area (Å²) in [6, 6.07) is 6.32. The molecule has 0 amide bonds. The number of methoxy groups -OCH3 is 1. The summed E-state index contributed by atoms with van der Waals surface area (Å²) in [5.74, 6) is 0.132. The van der Waals surface area contributed by atoms with Crippen molar-refractivity contribution < 1.29 is 9.13 Å². The molecule has 2 heterocycles. The van der Waals surface area contributed by atoms with E-state index in [0.29, 0.717) is 27.4 Å². The maximum atomic E-state index is 14.0. The first-order valence-electron chi connectivity index (χ1n) is 6.37. The van der Waals surface area contributed by atoms with Gasteiger partial charge < -0.3 is 9.72 Å². The number of rotatable bonds is 3. The van der Waals surface area contributed by atoms with Crippen molar-refractivity contribution in [2.75, 3.05) is 7.11 Å². The first kappa shape index (κ1) is 13.7. The second-order valence-corrected chi connectivity index (χ2v) is 4.97. The zero-order valence-corrected chi connectivity index (χ0v) is 12.3. The molecule has 2 aromatic heterocycles. The maximum absolute atomic E-state index is 14.0. The molecular formula is C14H13FN4OS. The van der Waals surface area contributed by atoms with Gasteiger partial charge in [0.05, 0.1) is 13.2 Å². The Kier molecular flexibility index (Phi) is 3.42. The molecule has 3 aromatic rings. The van der Waals surface area contributed by atoms with E-state index in [2.05, 4.69) is 15.0 Å². The second-order valence-electron chi connectivity index (χ2n) is 4.58. The normalized spacial score (nSPS) is 12.5. The summed E-state index contributed by atoms with van der Waals surface area (Å²) in [6.45, 7) is 1.87. The van der Waals surface area contributed by atoms with Gasteiger partial charge in [0.1, 0.15) is 17.7 Å². The van der Waals surface area contributed by atoms with E-state index < -0.39 is 0 Å². The van der Waals surface area contributed by atoms with E-state index in [1.54, 1.807) is 22.8 Å². The molecule has 0 spiro atoms. The van der Waals surface area contributed by atoms with Crippen molar-refractivity contribution >= 4 is 23.4 Å². The summed E-state index contributed by atoms with van der Waals surface area (Å²) in [6.07, 6.45) is 1.40. The van der Waals surface area contributed by atoms with E-state index in [0.717, 1.165) is 0 Å². The zero-order valence-electron chi connectivity index (χ0n) is 11.5. The topological polar surface area (TPSA) is 55.7 Å². The fourth-order valence-electron chi connectivity index (χ4n) is 2.38. The molecule has 0 bridgehead atoms. The Morgan fingerprint density at radius 1 is 1.33 bits per heavy atom. The molecule has 1 N–H and O–H groups in total. The molecule has 1 unspecified atom stereocenters. The molecule has 1 atom stereocenters. The monoisotopic (exact) mass is 304 g/mol. The third-order valence-electron chi connectivity index (χ3n) is 3.41. The Morgan fingerprint density at radius 3 is 2.81 bits per heavy atom. The molecule has 7 heteroatoms. The van der Waals surface area contributed by atoms with Crippen LogP contribution in [0, 0.1) is 10.6 Å². The van der Waals surface area contributed by atoms with Crippen LogP contribution in [0.5, 0.6) is 5.88 Å². The zero-order chi connectivity index (χ0) is 15.0. The van der Waals surface area contributed by atoms with Crippen LogP contribution in [0.25, 0.3) is 11.2 Å². The Bertz CT molecular complexity index is 858. The summed E-state index contributed by atoms with van der Waals surface area (Å²) < 4.78 is 21.4. The van der Waals surface area contributed by atoms with Gasteiger partial charge in [0.2, 0.25) is 5.88 Å². The number of aromatic amines is 1. The molecule has 108 valence electrons. The number of halogens is 1. The van der Waals surface area contributed by atoms with Gasteiger partial charge in [0, 0.05) is 5.56 Å². The number of hydrogen-bond donors (Lipinski definition) is 1. The molecular weight excluding hydrogens is 291 g/mol. The smallest absolute Gasteiger partial charge is 0.242 e. The number of benzene rings is 1. The van der Waals surface area contributed by atoms with Gasteiger partial charge in [-0.3, -0.25) is 4.57 Å². The molecule has 3 rings (SSSR count). The molecule has 0 saturated heterocycles. The van der Waals surface area contributed by atoms with Crippen molar-refractivity contribution in [2.24, 2.45) is 0 Å². The molecule has 21 heavy (non-hydrogen) atoms. The average molecular weight is 304 g/mol. The Labute approximate surface area is 125 Å². The van der Waals surface area contributed by atoms with Crippen molar-refractivity contribution in [1.29, 1.82) is 0 Å². The van der Waals surface area contributed by atoms with Crippen LogP contribution >= 0.6 is 12.2 Å². The van der Waals surface area contributed by atoms with Gasteiger partial charge in [0.15, 0.2) is 10.4 Å². The lowest BCUT2D eigenvalue weighted by Crippen LogP contribution is -2.09. The van der Waals surface area contributed by atoms with Crippen molar-refractivity contribution in [3.63, 3.8) is 0 Å². The SMILES string of the molecule is COc1ncnc2c1[nH]c(=S)n2C(C)c1ccccc1F. The number of aromatic nitrogens is 4. The summed E-state index contributed by atoms with van der Waals surface area (Å²) >= 11 is 5.34. The predicted molar refractivity (Wildman–Crippen MR) is 79.5 cm³/mol. The molecule has 0 aliphatic rings. The van der Waals surface area contributed by atoms with Gasteiger partial charge in [-0.2, -0.15) is 4.98 Å². The van der Waals surface area contributed by atoms with Crippen LogP contribution in [-0.4, -0.2) is 26.6 Å². The third kappa shape index (κ3) is 2.19. The predicted octanol–water partition coefficient (Wildman–Crippen LogP) is 3.25. The number of nitrogens with one attached hydrogen (secondary N) is 1. The van der Waals surface area contributed by atoms with Crippen LogP contribution in [0.4, 0.5) is 4.39 Å². The van der Waals surface area contributed by atoms with Crippen LogP contribution < -0.4 is 4.74 Å². The van der Waals surface area contributed by atoms with Gasteiger partial charge in [0.25, 0.3) is 0 Å². The number of H-pyrrole nitrogens is 1. The number of hydrogen-bond acceptors (Lipinski definition) is 4.